The summed E-state index contributed by atoms with van der Waals surface area (Å²) in [7, 11) is 0. The monoisotopic (exact) mass is 325 g/mol. The van der Waals surface area contributed by atoms with Gasteiger partial charge >= 0.3 is 0 Å². The largest absolute Gasteiger partial charge is 0.444 e. The number of hydrogen-bond acceptors (Lipinski definition) is 3. The summed E-state index contributed by atoms with van der Waals surface area (Å²) in [5, 5.41) is 2.75. The number of carbonyl (C=O) groups is 1. The Kier molecular flexibility index (Phi) is 4.09. The number of hydrogen-bond donors (Lipinski definition) is 1. The number of furan rings is 1. The molecule has 0 aliphatic carbocycles. The number of anilines is 1. The van der Waals surface area contributed by atoms with Gasteiger partial charge in [0.2, 0.25) is 5.95 Å². The van der Waals surface area contributed by atoms with E-state index >= 15 is 0 Å². The molecule has 19 heavy (non-hydrogen) atoms. The highest BCUT2D eigenvalue weighted by molar-refractivity contribution is 9.10. The molecule has 6 heteroatoms. The molecular weight excluding hydrogens is 310 g/mol. The lowest BCUT2D eigenvalue weighted by molar-refractivity contribution is 0.0994. The molecule has 0 saturated carbocycles. The minimum atomic E-state index is -0.301. The maximum absolute atomic E-state index is 12.0. The number of aryl methyl sites for hydroxylation is 1. The van der Waals surface area contributed by atoms with E-state index in [4.69, 9.17) is 4.42 Å². The van der Waals surface area contributed by atoms with Gasteiger partial charge in [-0.05, 0) is 34.8 Å². The first-order valence-corrected chi connectivity index (χ1v) is 6.85. The number of rotatable bonds is 4. The molecule has 1 N–H and O–H groups in total. The Labute approximate surface area is 120 Å². The summed E-state index contributed by atoms with van der Waals surface area (Å²) in [5.41, 5.74) is 0.885. The summed E-state index contributed by atoms with van der Waals surface area (Å²) in [6.07, 6.45) is 3.51. The lowest BCUT2D eigenvalue weighted by atomic mass is 10.2. The third-order valence-corrected chi connectivity index (χ3v) is 3.37. The Morgan fingerprint density at radius 1 is 1.58 bits per heavy atom. The van der Waals surface area contributed by atoms with Crippen LogP contribution in [0.1, 0.15) is 30.0 Å². The standard InChI is InChI=1S/C13H16BrN3O2/c1-8(2)7-17-5-4-15-13(17)16-12(18)10-6-9(3)11(14)19-10/h4-6,8H,7H2,1-3H3,(H,15,16,18). The quantitative estimate of drug-likeness (QED) is 0.936. The number of nitrogens with zero attached hydrogens (tertiary/aromatic N) is 2. The molecule has 0 aromatic carbocycles. The SMILES string of the molecule is Cc1cc(C(=O)Nc2nccn2CC(C)C)oc1Br. The van der Waals surface area contributed by atoms with Crippen molar-refractivity contribution in [2.24, 2.45) is 5.92 Å². The number of halogens is 1. The third-order valence-electron chi connectivity index (χ3n) is 2.58. The van der Waals surface area contributed by atoms with E-state index < -0.39 is 0 Å². The maximum atomic E-state index is 12.0. The van der Waals surface area contributed by atoms with Crippen molar-refractivity contribution in [3.63, 3.8) is 0 Å². The molecule has 0 fully saturated rings. The molecule has 102 valence electrons. The fraction of sp³-hybridized carbons (Fsp3) is 0.385. The summed E-state index contributed by atoms with van der Waals surface area (Å²) in [6.45, 7) is 6.89. The predicted octanol–water partition coefficient (Wildman–Crippen LogP) is 3.46. The van der Waals surface area contributed by atoms with Crippen LogP contribution >= 0.6 is 15.9 Å². The van der Waals surface area contributed by atoms with Crippen LogP contribution in [0.25, 0.3) is 0 Å². The van der Waals surface area contributed by atoms with Crippen molar-refractivity contribution in [2.45, 2.75) is 27.3 Å². The summed E-state index contributed by atoms with van der Waals surface area (Å²) < 4.78 is 7.80. The van der Waals surface area contributed by atoms with Crippen molar-refractivity contribution in [2.75, 3.05) is 5.32 Å². The first kappa shape index (κ1) is 13.9. The summed E-state index contributed by atoms with van der Waals surface area (Å²) >= 11 is 3.24. The second kappa shape index (κ2) is 5.61. The van der Waals surface area contributed by atoms with Crippen LogP contribution in [0.3, 0.4) is 0 Å². The van der Waals surface area contributed by atoms with Gasteiger partial charge in [-0.15, -0.1) is 0 Å². The topological polar surface area (TPSA) is 60.1 Å². The Morgan fingerprint density at radius 2 is 2.32 bits per heavy atom. The molecule has 0 saturated heterocycles. The highest BCUT2D eigenvalue weighted by Crippen LogP contribution is 2.21. The van der Waals surface area contributed by atoms with Crippen LogP contribution in [0, 0.1) is 12.8 Å². The molecule has 0 spiro atoms. The third kappa shape index (κ3) is 3.26. The normalized spacial score (nSPS) is 11.0. The van der Waals surface area contributed by atoms with Crippen molar-refractivity contribution >= 4 is 27.8 Å². The van der Waals surface area contributed by atoms with Gasteiger partial charge in [-0.2, -0.15) is 0 Å². The van der Waals surface area contributed by atoms with E-state index in [1.165, 1.54) is 0 Å². The minimum Gasteiger partial charge on any atom is -0.444 e. The zero-order valence-electron chi connectivity index (χ0n) is 11.1. The van der Waals surface area contributed by atoms with Crippen molar-refractivity contribution < 1.29 is 9.21 Å². The first-order chi connectivity index (χ1) is 8.97. The summed E-state index contributed by atoms with van der Waals surface area (Å²) in [5.74, 6) is 0.974. The van der Waals surface area contributed by atoms with Gasteiger partial charge in [-0.3, -0.25) is 10.1 Å². The van der Waals surface area contributed by atoms with Crippen molar-refractivity contribution in [1.29, 1.82) is 0 Å². The Hall–Kier alpha value is -1.56. The molecule has 0 atom stereocenters. The fourth-order valence-corrected chi connectivity index (χ4v) is 2.00. The predicted molar refractivity (Wildman–Crippen MR) is 76.2 cm³/mol. The van der Waals surface area contributed by atoms with E-state index in [9.17, 15) is 4.79 Å². The van der Waals surface area contributed by atoms with E-state index in [0.717, 1.165) is 12.1 Å². The lowest BCUT2D eigenvalue weighted by Gasteiger charge is -2.10. The van der Waals surface area contributed by atoms with Gasteiger partial charge in [0.15, 0.2) is 10.4 Å². The maximum Gasteiger partial charge on any atom is 0.293 e. The molecule has 2 aromatic rings. The Morgan fingerprint density at radius 3 is 2.89 bits per heavy atom. The molecule has 2 aromatic heterocycles. The van der Waals surface area contributed by atoms with Crippen LogP contribution in [0.15, 0.2) is 27.5 Å². The van der Waals surface area contributed by atoms with Crippen molar-refractivity contribution in [3.05, 3.63) is 34.5 Å². The number of imidazole rings is 1. The fourth-order valence-electron chi connectivity index (χ4n) is 1.71. The van der Waals surface area contributed by atoms with Crippen LogP contribution in [0.4, 0.5) is 5.95 Å². The summed E-state index contributed by atoms with van der Waals surface area (Å²) in [6, 6.07) is 1.69. The smallest absolute Gasteiger partial charge is 0.293 e. The van der Waals surface area contributed by atoms with Gasteiger partial charge in [-0.25, -0.2) is 4.98 Å². The molecule has 2 rings (SSSR count). The van der Waals surface area contributed by atoms with Gasteiger partial charge < -0.3 is 8.98 Å². The Balaban J connectivity index is 2.13. The van der Waals surface area contributed by atoms with Gasteiger partial charge in [0.25, 0.3) is 5.91 Å². The molecule has 0 bridgehead atoms. The zero-order chi connectivity index (χ0) is 14.0. The second-order valence-corrected chi connectivity index (χ2v) is 5.54. The van der Waals surface area contributed by atoms with Crippen LogP contribution in [0.5, 0.6) is 0 Å². The van der Waals surface area contributed by atoms with Crippen LogP contribution in [-0.4, -0.2) is 15.5 Å². The molecular formula is C13H16BrN3O2. The lowest BCUT2D eigenvalue weighted by Crippen LogP contribution is -2.16. The highest BCUT2D eigenvalue weighted by atomic mass is 79.9. The van der Waals surface area contributed by atoms with E-state index in [1.807, 2.05) is 17.7 Å². The average molecular weight is 326 g/mol. The number of nitrogens with one attached hydrogen (secondary N) is 1. The molecule has 5 nitrogen and oxygen atoms in total. The Bertz CT molecular complexity index is 567. The first-order valence-electron chi connectivity index (χ1n) is 6.05. The molecule has 0 aliphatic heterocycles. The molecule has 2 heterocycles. The zero-order valence-corrected chi connectivity index (χ0v) is 12.7. The van der Waals surface area contributed by atoms with Crippen molar-refractivity contribution in [1.82, 2.24) is 9.55 Å². The van der Waals surface area contributed by atoms with Gasteiger partial charge in [-0.1, -0.05) is 13.8 Å². The van der Waals surface area contributed by atoms with E-state index in [0.29, 0.717) is 16.5 Å². The molecule has 0 aliphatic rings. The molecule has 0 unspecified atom stereocenters. The summed E-state index contributed by atoms with van der Waals surface area (Å²) in [4.78, 5) is 16.2. The molecule has 1 amide bonds. The van der Waals surface area contributed by atoms with Gasteiger partial charge in [0.1, 0.15) is 0 Å². The average Bonchev–Trinajstić information content (AvgIpc) is 2.87. The minimum absolute atomic E-state index is 0.267. The van der Waals surface area contributed by atoms with Crippen molar-refractivity contribution in [3.8, 4) is 0 Å². The van der Waals surface area contributed by atoms with E-state index in [1.54, 1.807) is 12.3 Å². The van der Waals surface area contributed by atoms with Crippen LogP contribution in [0.2, 0.25) is 0 Å². The highest BCUT2D eigenvalue weighted by Gasteiger charge is 2.15. The van der Waals surface area contributed by atoms with E-state index in [2.05, 4.69) is 40.1 Å². The van der Waals surface area contributed by atoms with E-state index in [-0.39, 0.29) is 11.7 Å². The number of carbonyl (C=O) groups excluding carboxylic acids is 1. The van der Waals surface area contributed by atoms with Crippen LogP contribution < -0.4 is 5.32 Å². The van der Waals surface area contributed by atoms with Gasteiger partial charge in [0, 0.05) is 24.5 Å². The van der Waals surface area contributed by atoms with Gasteiger partial charge in [0.05, 0.1) is 0 Å². The molecule has 0 radical (unpaired) electrons. The second-order valence-electron chi connectivity index (χ2n) is 4.82. The number of aromatic nitrogens is 2. The van der Waals surface area contributed by atoms with Crippen LogP contribution in [-0.2, 0) is 6.54 Å². The number of amides is 1.